The third kappa shape index (κ3) is 2.74. The first-order valence-electron chi connectivity index (χ1n) is 7.71. The van der Waals surface area contributed by atoms with Crippen LogP contribution in [0.25, 0.3) is 5.57 Å². The van der Waals surface area contributed by atoms with E-state index in [9.17, 15) is 4.79 Å². The summed E-state index contributed by atoms with van der Waals surface area (Å²) in [6.07, 6.45) is 2.78. The Morgan fingerprint density at radius 2 is 1.58 bits per heavy atom. The molecular formula is C19H14Cl2N2O. The summed E-state index contributed by atoms with van der Waals surface area (Å²) >= 11 is 12.0. The number of allylic oxidation sites excluding steroid dienone is 2. The van der Waals surface area contributed by atoms with Crippen molar-refractivity contribution in [3.8, 4) is 0 Å². The summed E-state index contributed by atoms with van der Waals surface area (Å²) in [5.41, 5.74) is 6.74. The number of hydrazone groups is 1. The number of rotatable bonds is 2. The Morgan fingerprint density at radius 3 is 2.25 bits per heavy atom. The molecule has 0 aromatic heterocycles. The minimum Gasteiger partial charge on any atom is -0.272 e. The second kappa shape index (κ2) is 6.08. The van der Waals surface area contributed by atoms with Crippen molar-refractivity contribution in [3.63, 3.8) is 0 Å². The molecule has 0 spiro atoms. The lowest BCUT2D eigenvalue weighted by molar-refractivity contribution is -0.122. The highest BCUT2D eigenvalue weighted by Gasteiger charge is 2.40. The van der Waals surface area contributed by atoms with Gasteiger partial charge in [-0.25, -0.2) is 5.43 Å². The molecule has 2 aliphatic rings. The van der Waals surface area contributed by atoms with E-state index in [1.54, 1.807) is 0 Å². The summed E-state index contributed by atoms with van der Waals surface area (Å²) in [4.78, 5) is 12.2. The van der Waals surface area contributed by atoms with E-state index < -0.39 is 0 Å². The molecule has 1 aliphatic carbocycles. The Balaban J connectivity index is 1.76. The van der Waals surface area contributed by atoms with E-state index >= 15 is 0 Å². The molecule has 0 saturated heterocycles. The number of hydrogen-bond acceptors (Lipinski definition) is 2. The van der Waals surface area contributed by atoms with Gasteiger partial charge < -0.3 is 0 Å². The Bertz CT molecular complexity index is 854. The second-order valence-electron chi connectivity index (χ2n) is 6.03. The molecule has 2 aromatic carbocycles. The van der Waals surface area contributed by atoms with Crippen LogP contribution in [0.2, 0.25) is 10.0 Å². The molecule has 1 aliphatic heterocycles. The summed E-state index contributed by atoms with van der Waals surface area (Å²) < 4.78 is 0. The van der Waals surface area contributed by atoms with Crippen LogP contribution >= 0.6 is 23.2 Å². The number of nitrogens with zero attached hydrogens (tertiary/aromatic N) is 1. The van der Waals surface area contributed by atoms with Crippen LogP contribution in [0.4, 0.5) is 0 Å². The number of benzene rings is 2. The van der Waals surface area contributed by atoms with Crippen molar-refractivity contribution in [3.05, 3.63) is 75.8 Å². The SMILES string of the molecule is O=C1NN=C2C=C(c3ccc(Cl)cc3)CC(c3ccc(Cl)cc3)C12. The molecule has 1 amide bonds. The molecule has 1 N–H and O–H groups in total. The first kappa shape index (κ1) is 15.4. The normalized spacial score (nSPS) is 22.5. The van der Waals surface area contributed by atoms with Crippen molar-refractivity contribution >= 4 is 40.4 Å². The molecule has 24 heavy (non-hydrogen) atoms. The van der Waals surface area contributed by atoms with Gasteiger partial charge in [-0.15, -0.1) is 0 Å². The maximum Gasteiger partial charge on any atom is 0.249 e. The summed E-state index contributed by atoms with van der Waals surface area (Å²) in [6, 6.07) is 15.4. The number of amides is 1. The number of carbonyl (C=O) groups is 1. The summed E-state index contributed by atoms with van der Waals surface area (Å²) in [5.74, 6) is -0.252. The molecule has 0 bridgehead atoms. The molecule has 2 unspecified atom stereocenters. The van der Waals surface area contributed by atoms with E-state index in [0.29, 0.717) is 10.0 Å². The summed E-state index contributed by atoms with van der Waals surface area (Å²) in [6.45, 7) is 0. The highest BCUT2D eigenvalue weighted by molar-refractivity contribution is 6.30. The van der Waals surface area contributed by atoms with Crippen LogP contribution in [0.3, 0.4) is 0 Å². The molecule has 1 heterocycles. The van der Waals surface area contributed by atoms with E-state index in [1.807, 2.05) is 54.6 Å². The maximum atomic E-state index is 12.2. The van der Waals surface area contributed by atoms with Crippen LogP contribution in [0.5, 0.6) is 0 Å². The summed E-state index contributed by atoms with van der Waals surface area (Å²) in [7, 11) is 0. The van der Waals surface area contributed by atoms with Gasteiger partial charge in [0, 0.05) is 16.0 Å². The van der Waals surface area contributed by atoms with Gasteiger partial charge in [-0.1, -0.05) is 47.5 Å². The van der Waals surface area contributed by atoms with Crippen LogP contribution in [0.15, 0.2) is 59.7 Å². The van der Waals surface area contributed by atoms with Gasteiger partial charge in [-0.3, -0.25) is 4.79 Å². The number of halogens is 2. The topological polar surface area (TPSA) is 41.5 Å². The molecule has 4 rings (SSSR count). The smallest absolute Gasteiger partial charge is 0.249 e. The van der Waals surface area contributed by atoms with E-state index in [0.717, 1.165) is 28.8 Å². The predicted octanol–water partition coefficient (Wildman–Crippen LogP) is 4.67. The van der Waals surface area contributed by atoms with Gasteiger partial charge in [0.25, 0.3) is 0 Å². The highest BCUT2D eigenvalue weighted by atomic mass is 35.5. The first-order valence-corrected chi connectivity index (χ1v) is 8.47. The molecule has 3 nitrogen and oxygen atoms in total. The van der Waals surface area contributed by atoms with Crippen LogP contribution in [0, 0.1) is 5.92 Å². The fraction of sp³-hybridized carbons (Fsp3) is 0.158. The number of carbonyl (C=O) groups excluding carboxylic acids is 1. The average Bonchev–Trinajstić information content (AvgIpc) is 2.97. The lowest BCUT2D eigenvalue weighted by atomic mass is 9.73. The van der Waals surface area contributed by atoms with Gasteiger partial charge in [0.2, 0.25) is 5.91 Å². The van der Waals surface area contributed by atoms with Gasteiger partial charge in [0.15, 0.2) is 0 Å². The van der Waals surface area contributed by atoms with Crippen LogP contribution in [-0.4, -0.2) is 11.6 Å². The van der Waals surface area contributed by atoms with Crippen LogP contribution in [-0.2, 0) is 4.79 Å². The van der Waals surface area contributed by atoms with Crippen molar-refractivity contribution in [1.82, 2.24) is 5.43 Å². The minimum absolute atomic E-state index is 0.0409. The van der Waals surface area contributed by atoms with Gasteiger partial charge in [-0.05, 0) is 53.5 Å². The average molecular weight is 357 g/mol. The number of hydrogen-bond donors (Lipinski definition) is 1. The second-order valence-corrected chi connectivity index (χ2v) is 6.90. The van der Waals surface area contributed by atoms with E-state index in [2.05, 4.69) is 10.5 Å². The zero-order valence-electron chi connectivity index (χ0n) is 12.7. The van der Waals surface area contributed by atoms with Gasteiger partial charge in [0.1, 0.15) is 0 Å². The molecule has 0 radical (unpaired) electrons. The molecule has 5 heteroatoms. The zero-order chi connectivity index (χ0) is 16.7. The Labute approximate surface area is 150 Å². The summed E-state index contributed by atoms with van der Waals surface area (Å²) in [5, 5.41) is 5.61. The van der Waals surface area contributed by atoms with Gasteiger partial charge >= 0.3 is 0 Å². The molecule has 0 saturated carbocycles. The largest absolute Gasteiger partial charge is 0.272 e. The zero-order valence-corrected chi connectivity index (χ0v) is 14.2. The standard InChI is InChI=1S/C19H14Cl2N2O/c20-14-5-1-11(2-6-14)13-9-16(12-3-7-15(21)8-4-12)18-17(10-13)22-23-19(18)24/h1-8,10,16,18H,9H2,(H,23,24). The van der Waals surface area contributed by atoms with Crippen LogP contribution in [0.1, 0.15) is 23.5 Å². The quantitative estimate of drug-likeness (QED) is 0.834. The maximum absolute atomic E-state index is 12.2. The fourth-order valence-corrected chi connectivity index (χ4v) is 3.63. The van der Waals surface area contributed by atoms with E-state index in [1.165, 1.54) is 0 Å². The third-order valence-electron chi connectivity index (χ3n) is 4.57. The van der Waals surface area contributed by atoms with Crippen molar-refractivity contribution in [2.75, 3.05) is 0 Å². The molecule has 120 valence electrons. The first-order chi connectivity index (χ1) is 11.6. The van der Waals surface area contributed by atoms with Crippen molar-refractivity contribution in [1.29, 1.82) is 0 Å². The lowest BCUT2D eigenvalue weighted by Crippen LogP contribution is -2.31. The minimum atomic E-state index is -0.248. The third-order valence-corrected chi connectivity index (χ3v) is 5.08. The number of nitrogens with one attached hydrogen (secondary N) is 1. The van der Waals surface area contributed by atoms with Crippen molar-refractivity contribution in [2.45, 2.75) is 12.3 Å². The van der Waals surface area contributed by atoms with Gasteiger partial charge in [-0.2, -0.15) is 5.10 Å². The molecular weight excluding hydrogens is 343 g/mol. The highest BCUT2D eigenvalue weighted by Crippen LogP contribution is 2.41. The molecule has 0 fully saturated rings. The lowest BCUT2D eigenvalue weighted by Gasteiger charge is -2.28. The van der Waals surface area contributed by atoms with Gasteiger partial charge in [0.05, 0.1) is 11.6 Å². The Hall–Kier alpha value is -2.10. The van der Waals surface area contributed by atoms with Crippen molar-refractivity contribution in [2.24, 2.45) is 11.0 Å². The molecule has 2 atom stereocenters. The fourth-order valence-electron chi connectivity index (χ4n) is 3.38. The Morgan fingerprint density at radius 1 is 0.958 bits per heavy atom. The number of fused-ring (bicyclic) bond motifs is 1. The van der Waals surface area contributed by atoms with E-state index in [4.69, 9.17) is 23.2 Å². The predicted molar refractivity (Wildman–Crippen MR) is 97.3 cm³/mol. The van der Waals surface area contributed by atoms with Crippen LogP contribution < -0.4 is 5.43 Å². The monoisotopic (exact) mass is 356 g/mol. The van der Waals surface area contributed by atoms with Crippen molar-refractivity contribution < 1.29 is 4.79 Å². The van der Waals surface area contributed by atoms with E-state index in [-0.39, 0.29) is 17.7 Å². The Kier molecular flexibility index (Phi) is 3.91. The molecule has 2 aromatic rings.